The second-order valence-corrected chi connectivity index (χ2v) is 10.5. The molecule has 0 saturated heterocycles. The molecule has 0 aliphatic rings. The highest BCUT2D eigenvalue weighted by Crippen LogP contribution is 2.43. The summed E-state index contributed by atoms with van der Waals surface area (Å²) < 4.78 is 2.54. The molecular weight excluding hydrogens is 364 g/mol. The van der Waals surface area contributed by atoms with Gasteiger partial charge >= 0.3 is 0 Å². The maximum absolute atomic E-state index is 3.95. The molecule has 0 N–H and O–H groups in total. The van der Waals surface area contributed by atoms with Crippen LogP contribution in [0, 0.1) is 0 Å². The van der Waals surface area contributed by atoms with Gasteiger partial charge in [-0.1, -0.05) is 100 Å². The Morgan fingerprint density at radius 3 is 1.74 bits per heavy atom. The number of hydrogen-bond acceptors (Lipinski definition) is 1. The first-order chi connectivity index (χ1) is 13.0. The lowest BCUT2D eigenvalue weighted by atomic mass is 9.85. The third-order valence-corrected chi connectivity index (χ3v) is 7.12. The minimum absolute atomic E-state index is 0.0644. The van der Waals surface area contributed by atoms with E-state index in [1.54, 1.807) is 0 Å². The molecule has 0 radical (unpaired) electrons. The van der Waals surface area contributed by atoms with Crippen LogP contribution in [0.15, 0.2) is 85.4 Å². The first kappa shape index (κ1) is 19.8. The van der Waals surface area contributed by atoms with Gasteiger partial charge in [0.1, 0.15) is 0 Å². The number of hydrogen-bond donors (Lipinski definition) is 0. The highest BCUT2D eigenvalue weighted by molar-refractivity contribution is 7.67. The van der Waals surface area contributed by atoms with E-state index in [0.29, 0.717) is 17.5 Å². The van der Waals surface area contributed by atoms with Gasteiger partial charge in [0, 0.05) is 23.2 Å². The maximum Gasteiger partial charge on any atom is 0.0472 e. The lowest BCUT2D eigenvalue weighted by Crippen LogP contribution is -2.18. The van der Waals surface area contributed by atoms with Gasteiger partial charge in [-0.25, -0.2) is 0 Å². The summed E-state index contributed by atoms with van der Waals surface area (Å²) in [5.74, 6) is 0. The van der Waals surface area contributed by atoms with Crippen LogP contribution in [0.3, 0.4) is 0 Å². The molecular formula is C24H27NP2. The summed E-state index contributed by atoms with van der Waals surface area (Å²) in [4.78, 5) is 0. The summed E-state index contributed by atoms with van der Waals surface area (Å²) in [7, 11) is 1.18. The molecule has 0 aromatic heterocycles. The van der Waals surface area contributed by atoms with Crippen LogP contribution in [0.25, 0.3) is 6.08 Å². The average molecular weight is 391 g/mol. The molecule has 0 heterocycles. The monoisotopic (exact) mass is 391 g/mol. The molecule has 0 spiro atoms. The van der Waals surface area contributed by atoms with Gasteiger partial charge in [0.05, 0.1) is 0 Å². The van der Waals surface area contributed by atoms with Crippen LogP contribution in [-0.2, 0) is 5.41 Å². The third-order valence-electron chi connectivity index (χ3n) is 4.33. The smallest absolute Gasteiger partial charge is 0.0472 e. The first-order valence-electron chi connectivity index (χ1n) is 9.18. The van der Waals surface area contributed by atoms with Crippen LogP contribution in [0.1, 0.15) is 31.9 Å². The molecule has 0 fully saturated rings. The molecule has 0 aliphatic carbocycles. The minimum Gasteiger partial charge on any atom is -0.326 e. The van der Waals surface area contributed by atoms with Crippen molar-refractivity contribution in [2.24, 2.45) is 0 Å². The van der Waals surface area contributed by atoms with Gasteiger partial charge in [0.25, 0.3) is 0 Å². The van der Waals surface area contributed by atoms with Gasteiger partial charge in [-0.15, -0.1) is 0 Å². The lowest BCUT2D eigenvalue weighted by Gasteiger charge is -2.32. The first-order valence-corrected chi connectivity index (χ1v) is 11.1. The summed E-state index contributed by atoms with van der Waals surface area (Å²) >= 11 is 0. The van der Waals surface area contributed by atoms with Crippen molar-refractivity contribution in [3.63, 3.8) is 0 Å². The largest absolute Gasteiger partial charge is 0.326 e. The fourth-order valence-electron chi connectivity index (χ4n) is 2.91. The van der Waals surface area contributed by atoms with Crippen LogP contribution in [-0.4, -0.2) is 0 Å². The Hall–Kier alpha value is -1.94. The summed E-state index contributed by atoms with van der Waals surface area (Å²) in [5.41, 5.74) is 3.92. The lowest BCUT2D eigenvalue weighted by molar-refractivity contribution is 0.592. The third kappa shape index (κ3) is 5.29. The van der Waals surface area contributed by atoms with Gasteiger partial charge < -0.3 is 4.44 Å². The molecule has 2 unspecified atom stereocenters. The van der Waals surface area contributed by atoms with Gasteiger partial charge in [0.15, 0.2) is 0 Å². The molecule has 3 rings (SSSR count). The number of anilines is 1. The summed E-state index contributed by atoms with van der Waals surface area (Å²) in [5, 5.41) is 2.71. The summed E-state index contributed by atoms with van der Waals surface area (Å²) in [6, 6.07) is 28.3. The van der Waals surface area contributed by atoms with E-state index < -0.39 is 0 Å². The van der Waals surface area contributed by atoms with Crippen molar-refractivity contribution in [3.8, 4) is 0 Å². The van der Waals surface area contributed by atoms with Crippen molar-refractivity contribution < 1.29 is 0 Å². The predicted molar refractivity (Wildman–Crippen MR) is 126 cm³/mol. The van der Waals surface area contributed by atoms with Crippen LogP contribution < -0.4 is 15.1 Å². The van der Waals surface area contributed by atoms with Crippen LogP contribution in [0.2, 0.25) is 0 Å². The van der Waals surface area contributed by atoms with Crippen LogP contribution >= 0.6 is 17.5 Å². The Labute approximate surface area is 167 Å². The van der Waals surface area contributed by atoms with E-state index in [1.807, 2.05) is 6.08 Å². The summed E-state index contributed by atoms with van der Waals surface area (Å²) in [6.07, 6.45) is 1.93. The van der Waals surface area contributed by atoms with Crippen LogP contribution in [0.4, 0.5) is 5.69 Å². The SMILES string of the molecule is C=Cc1ccc(N(Pc2ccccc2)Pc2ccccc2)c(C(C)(C)C)c1. The molecule has 1 nitrogen and oxygen atoms in total. The predicted octanol–water partition coefficient (Wildman–Crippen LogP) is 6.27. The Morgan fingerprint density at radius 1 is 0.778 bits per heavy atom. The molecule has 0 aliphatic heterocycles. The molecule has 138 valence electrons. The second-order valence-electron chi connectivity index (χ2n) is 7.52. The Kier molecular flexibility index (Phi) is 6.48. The zero-order valence-corrected chi connectivity index (χ0v) is 18.2. The highest BCUT2D eigenvalue weighted by atomic mass is 31.1. The number of benzene rings is 3. The number of rotatable bonds is 6. The van der Waals surface area contributed by atoms with E-state index in [4.69, 9.17) is 0 Å². The van der Waals surface area contributed by atoms with E-state index >= 15 is 0 Å². The van der Waals surface area contributed by atoms with Crippen molar-refractivity contribution in [2.75, 3.05) is 4.44 Å². The Bertz CT molecular complexity index is 842. The quantitative estimate of drug-likeness (QED) is 0.448. The zero-order chi connectivity index (χ0) is 19.3. The van der Waals surface area contributed by atoms with E-state index in [1.165, 1.54) is 27.4 Å². The Balaban J connectivity index is 2.05. The molecule has 3 heteroatoms. The molecule has 0 amide bonds. The molecule has 0 bridgehead atoms. The number of nitrogens with zero attached hydrogens (tertiary/aromatic N) is 1. The topological polar surface area (TPSA) is 3.24 Å². The second kappa shape index (κ2) is 8.83. The van der Waals surface area contributed by atoms with E-state index in [0.717, 1.165) is 0 Å². The van der Waals surface area contributed by atoms with Gasteiger partial charge in [-0.05, 0) is 39.3 Å². The molecule has 2 atom stereocenters. The molecule has 3 aromatic carbocycles. The van der Waals surface area contributed by atoms with E-state index in [2.05, 4.69) is 111 Å². The van der Waals surface area contributed by atoms with Crippen LogP contribution in [0.5, 0.6) is 0 Å². The van der Waals surface area contributed by atoms with Gasteiger partial charge in [0.2, 0.25) is 0 Å². The molecule has 3 aromatic rings. The van der Waals surface area contributed by atoms with E-state index in [-0.39, 0.29) is 5.41 Å². The van der Waals surface area contributed by atoms with Crippen molar-refractivity contribution >= 4 is 39.8 Å². The standard InChI is InChI=1S/C24H27NP2/c1-5-19-16-17-23(22(18-19)24(2,3)4)25(26-20-12-8-6-9-13-20)27-21-14-10-7-11-15-21/h5-18,26-27H,1H2,2-4H3. The maximum atomic E-state index is 3.95. The van der Waals surface area contributed by atoms with Crippen molar-refractivity contribution in [1.29, 1.82) is 0 Å². The van der Waals surface area contributed by atoms with Crippen molar-refractivity contribution in [3.05, 3.63) is 96.6 Å². The average Bonchev–Trinajstić information content (AvgIpc) is 2.68. The fourth-order valence-corrected chi connectivity index (χ4v) is 5.74. The molecule has 0 saturated carbocycles. The van der Waals surface area contributed by atoms with Crippen molar-refractivity contribution in [2.45, 2.75) is 26.2 Å². The summed E-state index contributed by atoms with van der Waals surface area (Å²) in [6.45, 7) is 10.8. The Morgan fingerprint density at radius 2 is 1.30 bits per heavy atom. The van der Waals surface area contributed by atoms with Gasteiger partial charge in [-0.2, -0.15) is 0 Å². The molecule has 27 heavy (non-hydrogen) atoms. The highest BCUT2D eigenvalue weighted by Gasteiger charge is 2.22. The van der Waals surface area contributed by atoms with E-state index in [9.17, 15) is 0 Å². The minimum atomic E-state index is 0.0644. The normalized spacial score (nSPS) is 12.1. The zero-order valence-electron chi connectivity index (χ0n) is 16.2. The fraction of sp³-hybridized carbons (Fsp3) is 0.167. The van der Waals surface area contributed by atoms with Gasteiger partial charge in [-0.3, -0.25) is 0 Å². The van der Waals surface area contributed by atoms with Crippen molar-refractivity contribution in [1.82, 2.24) is 0 Å².